The van der Waals surface area contributed by atoms with Crippen LogP contribution < -0.4 is 0 Å². The van der Waals surface area contributed by atoms with Gasteiger partial charge in [0.25, 0.3) is 0 Å². The molecule has 0 saturated carbocycles. The van der Waals surface area contributed by atoms with Crippen LogP contribution in [0.25, 0.3) is 99.7 Å². The van der Waals surface area contributed by atoms with Crippen LogP contribution in [0.5, 0.6) is 0 Å². The maximum Gasteiger partial charge on any atom is 0.227 e. The summed E-state index contributed by atoms with van der Waals surface area (Å²) in [6.07, 6.45) is 1.83. The fourth-order valence-corrected chi connectivity index (χ4v) is 6.94. The van der Waals surface area contributed by atoms with E-state index in [9.17, 15) is 0 Å². The molecule has 0 bridgehead atoms. The second-order valence-electron chi connectivity index (χ2n) is 12.3. The van der Waals surface area contributed by atoms with Crippen LogP contribution in [0, 0.1) is 0 Å². The third kappa shape index (κ3) is 4.63. The Balaban J connectivity index is 1.14. The predicted molar refractivity (Wildman–Crippen MR) is 199 cm³/mol. The Bertz CT molecular complexity index is 2890. The molecule has 0 fully saturated rings. The van der Waals surface area contributed by atoms with Gasteiger partial charge < -0.3 is 4.42 Å². The van der Waals surface area contributed by atoms with Gasteiger partial charge in [0, 0.05) is 28.3 Å². The fraction of sp³-hybridized carbons (Fsp3) is 0. The van der Waals surface area contributed by atoms with Crippen molar-refractivity contribution in [1.82, 2.24) is 19.9 Å². The summed E-state index contributed by atoms with van der Waals surface area (Å²) < 4.78 is 6.30. The molecule has 5 nitrogen and oxygen atoms in total. The second-order valence-corrected chi connectivity index (χ2v) is 12.3. The van der Waals surface area contributed by atoms with Crippen molar-refractivity contribution in [2.45, 2.75) is 0 Å². The third-order valence-corrected chi connectivity index (χ3v) is 9.34. The summed E-state index contributed by atoms with van der Waals surface area (Å²) in [5.74, 6) is 1.91. The van der Waals surface area contributed by atoms with E-state index in [4.69, 9.17) is 19.4 Å². The highest BCUT2D eigenvalue weighted by Crippen LogP contribution is 2.40. The van der Waals surface area contributed by atoms with E-state index in [0.717, 1.165) is 65.7 Å². The van der Waals surface area contributed by atoms with Gasteiger partial charge in [-0.1, -0.05) is 121 Å². The number of nitrogens with zero attached hydrogens (tertiary/aromatic N) is 4. The lowest BCUT2D eigenvalue weighted by atomic mass is 9.94. The van der Waals surface area contributed by atoms with Crippen LogP contribution in [0.15, 0.2) is 162 Å². The number of furan rings is 1. The minimum absolute atomic E-state index is 0.628. The van der Waals surface area contributed by atoms with Gasteiger partial charge in [-0.3, -0.25) is 0 Å². The molecular weight excluding hydrogens is 601 g/mol. The molecule has 0 saturated heterocycles. The smallest absolute Gasteiger partial charge is 0.227 e. The van der Waals surface area contributed by atoms with Gasteiger partial charge in [-0.05, 0) is 73.8 Å². The van der Waals surface area contributed by atoms with Crippen molar-refractivity contribution in [2.24, 2.45) is 0 Å². The SMILES string of the molecule is c1ccc(-c2nc(-c3ccc4ccccc4c3)nc(-c3ccc4c(-c5ccnc6oc7cc8ccccc8cc7c56)cccc4c3)n2)cc1. The highest BCUT2D eigenvalue weighted by Gasteiger charge is 2.18. The third-order valence-electron chi connectivity index (χ3n) is 9.34. The van der Waals surface area contributed by atoms with Crippen molar-refractivity contribution < 1.29 is 4.42 Å². The zero-order valence-corrected chi connectivity index (χ0v) is 26.2. The predicted octanol–water partition coefficient (Wildman–Crippen LogP) is 11.3. The largest absolute Gasteiger partial charge is 0.438 e. The Hall–Kier alpha value is -6.72. The van der Waals surface area contributed by atoms with E-state index >= 15 is 0 Å². The lowest BCUT2D eigenvalue weighted by molar-refractivity contribution is 0.654. The molecule has 7 aromatic carbocycles. The molecule has 3 aromatic heterocycles. The minimum Gasteiger partial charge on any atom is -0.438 e. The number of fused-ring (bicyclic) bond motifs is 6. The van der Waals surface area contributed by atoms with E-state index in [0.29, 0.717) is 23.2 Å². The maximum absolute atomic E-state index is 6.30. The molecule has 0 atom stereocenters. The maximum atomic E-state index is 6.30. The molecule has 0 N–H and O–H groups in total. The Morgan fingerprint density at radius 3 is 1.78 bits per heavy atom. The normalized spacial score (nSPS) is 11.7. The molecule has 10 rings (SSSR count). The monoisotopic (exact) mass is 626 g/mol. The molecule has 228 valence electrons. The van der Waals surface area contributed by atoms with E-state index in [1.807, 2.05) is 36.5 Å². The first-order chi connectivity index (χ1) is 24.2. The number of pyridine rings is 1. The molecule has 0 aliphatic carbocycles. The van der Waals surface area contributed by atoms with Gasteiger partial charge in [-0.25, -0.2) is 19.9 Å². The Labute approximate surface area is 281 Å². The lowest BCUT2D eigenvalue weighted by Crippen LogP contribution is -2.00. The van der Waals surface area contributed by atoms with Crippen LogP contribution >= 0.6 is 0 Å². The summed E-state index contributed by atoms with van der Waals surface area (Å²) in [6, 6.07) is 52.4. The fourth-order valence-electron chi connectivity index (χ4n) is 6.94. The first kappa shape index (κ1) is 27.4. The van der Waals surface area contributed by atoms with Crippen molar-refractivity contribution in [3.05, 3.63) is 158 Å². The van der Waals surface area contributed by atoms with Gasteiger partial charge in [-0.2, -0.15) is 0 Å². The van der Waals surface area contributed by atoms with Crippen molar-refractivity contribution in [3.63, 3.8) is 0 Å². The first-order valence-electron chi connectivity index (χ1n) is 16.3. The summed E-state index contributed by atoms with van der Waals surface area (Å²) in [6.45, 7) is 0. The topological polar surface area (TPSA) is 64.7 Å². The molecule has 5 heteroatoms. The van der Waals surface area contributed by atoms with Crippen LogP contribution in [0.3, 0.4) is 0 Å². The Morgan fingerprint density at radius 1 is 0.388 bits per heavy atom. The molecule has 0 aliphatic heterocycles. The standard InChI is InChI=1S/C44H26N4O/c1-2-10-28(11-3-1)41-46-42(33-18-17-27-9-4-5-12-29(27)23-33)48-43(47-41)34-19-20-35-32(24-34)15-8-16-36(35)37-21-22-45-44-40(37)38-25-30-13-6-7-14-31(30)26-39(38)49-44/h1-26H. The number of rotatable bonds is 4. The number of aromatic nitrogens is 4. The van der Waals surface area contributed by atoms with Crippen LogP contribution in [0.2, 0.25) is 0 Å². The van der Waals surface area contributed by atoms with E-state index in [1.165, 1.54) is 10.8 Å². The molecule has 0 radical (unpaired) electrons. The summed E-state index contributed by atoms with van der Waals surface area (Å²) >= 11 is 0. The quantitative estimate of drug-likeness (QED) is 0.194. The molecule has 49 heavy (non-hydrogen) atoms. The molecule has 0 amide bonds. The van der Waals surface area contributed by atoms with Crippen LogP contribution in [-0.2, 0) is 0 Å². The van der Waals surface area contributed by atoms with Gasteiger partial charge in [0.15, 0.2) is 17.5 Å². The van der Waals surface area contributed by atoms with Gasteiger partial charge in [-0.15, -0.1) is 0 Å². The first-order valence-corrected chi connectivity index (χ1v) is 16.3. The van der Waals surface area contributed by atoms with Crippen LogP contribution in [0.4, 0.5) is 0 Å². The molecular formula is C44H26N4O. The van der Waals surface area contributed by atoms with E-state index in [1.54, 1.807) is 0 Å². The van der Waals surface area contributed by atoms with Gasteiger partial charge in [0.2, 0.25) is 5.71 Å². The van der Waals surface area contributed by atoms with Gasteiger partial charge >= 0.3 is 0 Å². The molecule has 0 unspecified atom stereocenters. The summed E-state index contributed by atoms with van der Waals surface area (Å²) in [7, 11) is 0. The average Bonchev–Trinajstić information content (AvgIpc) is 3.54. The highest BCUT2D eigenvalue weighted by atomic mass is 16.3. The van der Waals surface area contributed by atoms with Crippen molar-refractivity contribution in [2.75, 3.05) is 0 Å². The van der Waals surface area contributed by atoms with Gasteiger partial charge in [0.1, 0.15) is 5.58 Å². The average molecular weight is 627 g/mol. The van der Waals surface area contributed by atoms with Crippen LogP contribution in [0.1, 0.15) is 0 Å². The summed E-state index contributed by atoms with van der Waals surface area (Å²) in [4.78, 5) is 19.6. The number of hydrogen-bond acceptors (Lipinski definition) is 5. The summed E-state index contributed by atoms with van der Waals surface area (Å²) in [5, 5.41) is 8.93. The highest BCUT2D eigenvalue weighted by molar-refractivity contribution is 6.16. The van der Waals surface area contributed by atoms with E-state index in [2.05, 4.69) is 126 Å². The van der Waals surface area contributed by atoms with Crippen molar-refractivity contribution in [3.8, 4) is 45.3 Å². The Morgan fingerprint density at radius 2 is 1.00 bits per heavy atom. The molecule has 0 aliphatic rings. The molecule has 0 spiro atoms. The number of hydrogen-bond donors (Lipinski definition) is 0. The van der Waals surface area contributed by atoms with Gasteiger partial charge in [0.05, 0.1) is 5.39 Å². The van der Waals surface area contributed by atoms with Crippen molar-refractivity contribution in [1.29, 1.82) is 0 Å². The molecule has 3 heterocycles. The van der Waals surface area contributed by atoms with Crippen molar-refractivity contribution >= 4 is 54.4 Å². The lowest BCUT2D eigenvalue weighted by Gasteiger charge is -2.11. The van der Waals surface area contributed by atoms with E-state index in [-0.39, 0.29) is 0 Å². The van der Waals surface area contributed by atoms with Crippen LogP contribution in [-0.4, -0.2) is 19.9 Å². The molecule has 10 aromatic rings. The second kappa shape index (κ2) is 10.9. The Kier molecular flexibility index (Phi) is 6.11. The minimum atomic E-state index is 0.628. The zero-order chi connectivity index (χ0) is 32.3. The zero-order valence-electron chi connectivity index (χ0n) is 26.2. The number of benzene rings is 7. The van der Waals surface area contributed by atoms with E-state index < -0.39 is 0 Å². The summed E-state index contributed by atoms with van der Waals surface area (Å²) in [5.41, 5.74) is 6.49.